The molecule has 0 radical (unpaired) electrons. The van der Waals surface area contributed by atoms with Crippen LogP contribution in [-0.2, 0) is 20.7 Å². The number of rotatable bonds is 8. The lowest BCUT2D eigenvalue weighted by molar-refractivity contribution is -0.133. The summed E-state index contributed by atoms with van der Waals surface area (Å²) in [4.78, 5) is 43.6. The lowest BCUT2D eigenvalue weighted by atomic mass is 10.1. The minimum absolute atomic E-state index is 0.0539. The summed E-state index contributed by atoms with van der Waals surface area (Å²) in [5.41, 5.74) is 6.40. The average Bonchev–Trinajstić information content (AvgIpc) is 3.05. The highest BCUT2D eigenvalue weighted by Crippen LogP contribution is 2.16. The molecule has 2 heterocycles. The van der Waals surface area contributed by atoms with E-state index in [0.717, 1.165) is 24.3 Å². The van der Waals surface area contributed by atoms with Crippen LogP contribution in [0.1, 0.15) is 29.3 Å². The monoisotopic (exact) mass is 440 g/mol. The highest BCUT2D eigenvalue weighted by molar-refractivity contribution is 5.89. The number of carbonyl (C=O) groups is 3. The van der Waals surface area contributed by atoms with Gasteiger partial charge in [0.2, 0.25) is 5.91 Å². The first-order valence-electron chi connectivity index (χ1n) is 10.6. The predicted octanol–water partition coefficient (Wildman–Crippen LogP) is 1.40. The van der Waals surface area contributed by atoms with Crippen LogP contribution in [0.3, 0.4) is 0 Å². The standard InChI is InChI=1S/C23H28N4O5/c1-2-31-23(30)18-6-9-21(25-15-18)26-10-3-11-27(13-12-26)22(29)16-32-19-7-4-17(5-8-19)14-20(24)28/h4-9,15H,2-3,10-14,16H2,1H3,(H2,24,28). The number of benzene rings is 1. The maximum atomic E-state index is 12.6. The quantitative estimate of drug-likeness (QED) is 0.617. The van der Waals surface area contributed by atoms with Crippen molar-refractivity contribution in [1.29, 1.82) is 0 Å². The third kappa shape index (κ3) is 6.44. The molecule has 170 valence electrons. The van der Waals surface area contributed by atoms with E-state index in [-0.39, 0.29) is 24.9 Å². The number of primary amides is 1. The number of anilines is 1. The number of hydrogen-bond donors (Lipinski definition) is 1. The molecule has 1 fully saturated rings. The maximum Gasteiger partial charge on any atom is 0.339 e. The van der Waals surface area contributed by atoms with Crippen molar-refractivity contribution >= 4 is 23.6 Å². The lowest BCUT2D eigenvalue weighted by Gasteiger charge is -2.23. The Morgan fingerprint density at radius 1 is 1.03 bits per heavy atom. The molecule has 0 spiro atoms. The summed E-state index contributed by atoms with van der Waals surface area (Å²) in [6, 6.07) is 10.5. The summed E-state index contributed by atoms with van der Waals surface area (Å²) in [5.74, 6) is 0.461. The number of nitrogens with two attached hydrogens (primary N) is 1. The minimum atomic E-state index is -0.394. The summed E-state index contributed by atoms with van der Waals surface area (Å²) in [6.07, 6.45) is 2.49. The number of ether oxygens (including phenoxy) is 2. The van der Waals surface area contributed by atoms with Crippen LogP contribution in [0.4, 0.5) is 5.82 Å². The first kappa shape index (κ1) is 23.1. The summed E-state index contributed by atoms with van der Waals surface area (Å²) in [7, 11) is 0. The number of hydrogen-bond acceptors (Lipinski definition) is 7. The number of pyridine rings is 1. The van der Waals surface area contributed by atoms with E-state index >= 15 is 0 Å². The van der Waals surface area contributed by atoms with Crippen molar-refractivity contribution in [3.63, 3.8) is 0 Å². The van der Waals surface area contributed by atoms with Crippen LogP contribution < -0.4 is 15.4 Å². The Morgan fingerprint density at radius 2 is 1.81 bits per heavy atom. The summed E-state index contributed by atoms with van der Waals surface area (Å²) >= 11 is 0. The van der Waals surface area contributed by atoms with Gasteiger partial charge >= 0.3 is 5.97 Å². The molecule has 0 unspecified atom stereocenters. The van der Waals surface area contributed by atoms with Crippen LogP contribution in [0.15, 0.2) is 42.6 Å². The first-order valence-corrected chi connectivity index (χ1v) is 10.6. The summed E-state index contributed by atoms with van der Waals surface area (Å²) in [5, 5.41) is 0. The van der Waals surface area contributed by atoms with Gasteiger partial charge in [0, 0.05) is 32.4 Å². The molecule has 1 aromatic carbocycles. The molecule has 0 bridgehead atoms. The van der Waals surface area contributed by atoms with Crippen molar-refractivity contribution in [3.8, 4) is 5.75 Å². The minimum Gasteiger partial charge on any atom is -0.484 e. The average molecular weight is 441 g/mol. The Labute approximate surface area is 187 Å². The van der Waals surface area contributed by atoms with E-state index in [9.17, 15) is 14.4 Å². The van der Waals surface area contributed by atoms with Gasteiger partial charge in [0.15, 0.2) is 6.61 Å². The highest BCUT2D eigenvalue weighted by atomic mass is 16.5. The SMILES string of the molecule is CCOC(=O)c1ccc(N2CCCN(C(=O)COc3ccc(CC(N)=O)cc3)CC2)nc1. The fourth-order valence-corrected chi connectivity index (χ4v) is 3.45. The van der Waals surface area contributed by atoms with Crippen molar-refractivity contribution in [2.75, 3.05) is 44.3 Å². The Bertz CT molecular complexity index is 930. The molecule has 1 saturated heterocycles. The molecule has 2 amide bonds. The molecule has 2 aromatic rings. The molecular formula is C23H28N4O5. The third-order valence-corrected chi connectivity index (χ3v) is 5.10. The van der Waals surface area contributed by atoms with Crippen molar-refractivity contribution < 1.29 is 23.9 Å². The largest absolute Gasteiger partial charge is 0.484 e. The maximum absolute atomic E-state index is 12.6. The van der Waals surface area contributed by atoms with Crippen LogP contribution in [0.25, 0.3) is 0 Å². The molecule has 0 saturated carbocycles. The molecular weight excluding hydrogens is 412 g/mol. The van der Waals surface area contributed by atoms with E-state index in [4.69, 9.17) is 15.2 Å². The Balaban J connectivity index is 1.49. The highest BCUT2D eigenvalue weighted by Gasteiger charge is 2.20. The number of nitrogens with zero attached hydrogens (tertiary/aromatic N) is 3. The zero-order valence-electron chi connectivity index (χ0n) is 18.2. The number of esters is 1. The normalized spacial score (nSPS) is 13.9. The second-order valence-electron chi connectivity index (χ2n) is 7.42. The molecule has 3 rings (SSSR count). The molecule has 1 aliphatic rings. The van der Waals surface area contributed by atoms with E-state index < -0.39 is 5.91 Å². The van der Waals surface area contributed by atoms with E-state index in [1.165, 1.54) is 6.20 Å². The van der Waals surface area contributed by atoms with Gasteiger partial charge in [0.25, 0.3) is 5.91 Å². The van der Waals surface area contributed by atoms with Crippen LogP contribution >= 0.6 is 0 Å². The van der Waals surface area contributed by atoms with Gasteiger partial charge in [-0.25, -0.2) is 9.78 Å². The Hall–Kier alpha value is -3.62. The Kier molecular flexibility index (Phi) is 8.02. The molecule has 32 heavy (non-hydrogen) atoms. The van der Waals surface area contributed by atoms with Crippen LogP contribution in [0.5, 0.6) is 5.75 Å². The molecule has 1 aliphatic heterocycles. The van der Waals surface area contributed by atoms with Crippen molar-refractivity contribution in [2.24, 2.45) is 5.73 Å². The zero-order chi connectivity index (χ0) is 22.9. The summed E-state index contributed by atoms with van der Waals surface area (Å²) < 4.78 is 10.6. The van der Waals surface area contributed by atoms with E-state index in [1.54, 1.807) is 48.2 Å². The fraction of sp³-hybridized carbons (Fsp3) is 0.391. The van der Waals surface area contributed by atoms with E-state index in [1.807, 2.05) is 0 Å². The fourth-order valence-electron chi connectivity index (χ4n) is 3.45. The van der Waals surface area contributed by atoms with Gasteiger partial charge in [-0.05, 0) is 43.2 Å². The third-order valence-electron chi connectivity index (χ3n) is 5.10. The zero-order valence-corrected chi connectivity index (χ0v) is 18.2. The molecule has 9 heteroatoms. The van der Waals surface area contributed by atoms with Gasteiger partial charge < -0.3 is 25.0 Å². The van der Waals surface area contributed by atoms with Crippen molar-refractivity contribution in [3.05, 3.63) is 53.7 Å². The molecule has 0 atom stereocenters. The molecule has 0 aliphatic carbocycles. The number of carbonyl (C=O) groups excluding carboxylic acids is 3. The van der Waals surface area contributed by atoms with Crippen LogP contribution in [-0.4, -0.2) is 67.1 Å². The van der Waals surface area contributed by atoms with Gasteiger partial charge in [0.1, 0.15) is 11.6 Å². The summed E-state index contributed by atoms with van der Waals surface area (Å²) in [6.45, 7) is 4.62. The number of amides is 2. The van der Waals surface area contributed by atoms with Crippen molar-refractivity contribution in [2.45, 2.75) is 19.8 Å². The van der Waals surface area contributed by atoms with Gasteiger partial charge in [-0.2, -0.15) is 0 Å². The van der Waals surface area contributed by atoms with Crippen LogP contribution in [0.2, 0.25) is 0 Å². The van der Waals surface area contributed by atoms with Crippen LogP contribution in [0, 0.1) is 0 Å². The molecule has 1 aromatic heterocycles. The van der Waals surface area contributed by atoms with E-state index in [2.05, 4.69) is 9.88 Å². The second kappa shape index (κ2) is 11.1. The lowest BCUT2D eigenvalue weighted by Crippen LogP contribution is -2.38. The molecule has 9 nitrogen and oxygen atoms in total. The van der Waals surface area contributed by atoms with Gasteiger partial charge in [-0.3, -0.25) is 9.59 Å². The Morgan fingerprint density at radius 3 is 2.47 bits per heavy atom. The van der Waals surface area contributed by atoms with Gasteiger partial charge in [0.05, 0.1) is 18.6 Å². The number of aromatic nitrogens is 1. The van der Waals surface area contributed by atoms with E-state index in [0.29, 0.717) is 37.6 Å². The topological polar surface area (TPSA) is 115 Å². The predicted molar refractivity (Wildman–Crippen MR) is 118 cm³/mol. The van der Waals surface area contributed by atoms with Crippen molar-refractivity contribution in [1.82, 2.24) is 9.88 Å². The first-order chi connectivity index (χ1) is 15.5. The second-order valence-corrected chi connectivity index (χ2v) is 7.42. The smallest absolute Gasteiger partial charge is 0.339 e. The molecule has 2 N–H and O–H groups in total. The van der Waals surface area contributed by atoms with Gasteiger partial charge in [-0.15, -0.1) is 0 Å². The van der Waals surface area contributed by atoms with Gasteiger partial charge in [-0.1, -0.05) is 12.1 Å².